The fourth-order valence-corrected chi connectivity index (χ4v) is 4.89. The Kier molecular flexibility index (Phi) is 3.53. The quantitative estimate of drug-likeness (QED) is 0.779. The second-order valence-electron chi connectivity index (χ2n) is 7.62. The Morgan fingerprint density at radius 1 is 1.11 bits per heavy atom. The number of aromatic nitrogens is 2. The minimum atomic E-state index is -0.370. The van der Waals surface area contributed by atoms with Gasteiger partial charge in [-0.15, -0.1) is 0 Å². The standard InChI is InChI=1S/C20H20FN3O3/c1-10-18(11(2)23(22-10)9-12-5-3-4-6-13(12)21)24-19(25)16-14-7-8-15(27-14)17(16)20(24)26/h3-6,14-17H,7-9H2,1-2H3. The smallest absolute Gasteiger partial charge is 0.240 e. The molecule has 0 N–H and O–H groups in total. The number of carbonyl (C=O) groups is 2. The van der Waals surface area contributed by atoms with Gasteiger partial charge in [0.2, 0.25) is 11.8 Å². The van der Waals surface area contributed by atoms with Gasteiger partial charge in [0.25, 0.3) is 0 Å². The number of rotatable bonds is 3. The Bertz CT molecular complexity index is 941. The number of ether oxygens (including phenoxy) is 1. The molecular weight excluding hydrogens is 349 g/mol. The lowest BCUT2D eigenvalue weighted by molar-refractivity contribution is -0.124. The second kappa shape index (κ2) is 5.73. The van der Waals surface area contributed by atoms with E-state index < -0.39 is 0 Å². The van der Waals surface area contributed by atoms with E-state index in [2.05, 4.69) is 5.10 Å². The third-order valence-electron chi connectivity index (χ3n) is 6.13. The molecule has 2 amide bonds. The number of imide groups is 1. The number of hydrogen-bond acceptors (Lipinski definition) is 4. The molecule has 3 fully saturated rings. The summed E-state index contributed by atoms with van der Waals surface area (Å²) in [7, 11) is 0. The third-order valence-corrected chi connectivity index (χ3v) is 6.13. The van der Waals surface area contributed by atoms with Crippen molar-refractivity contribution in [1.82, 2.24) is 9.78 Å². The van der Waals surface area contributed by atoms with Crippen molar-refractivity contribution in [3.05, 3.63) is 47.0 Å². The third kappa shape index (κ3) is 2.24. The van der Waals surface area contributed by atoms with Crippen molar-refractivity contribution < 1.29 is 18.7 Å². The molecule has 3 saturated heterocycles. The molecule has 27 heavy (non-hydrogen) atoms. The number of hydrogen-bond donors (Lipinski definition) is 0. The highest BCUT2D eigenvalue weighted by Gasteiger charge is 2.63. The van der Waals surface area contributed by atoms with Gasteiger partial charge in [0.05, 0.1) is 47.7 Å². The largest absolute Gasteiger partial charge is 0.373 e. The number of halogens is 1. The summed E-state index contributed by atoms with van der Waals surface area (Å²) in [4.78, 5) is 27.4. The van der Waals surface area contributed by atoms with Crippen LogP contribution in [0.25, 0.3) is 0 Å². The molecule has 6 nitrogen and oxygen atoms in total. The van der Waals surface area contributed by atoms with E-state index in [1.54, 1.807) is 29.8 Å². The summed E-state index contributed by atoms with van der Waals surface area (Å²) in [5.41, 5.74) is 2.33. The van der Waals surface area contributed by atoms with E-state index >= 15 is 0 Å². The fraction of sp³-hybridized carbons (Fsp3) is 0.450. The van der Waals surface area contributed by atoms with Gasteiger partial charge in [-0.05, 0) is 32.8 Å². The molecule has 4 unspecified atom stereocenters. The SMILES string of the molecule is Cc1nn(Cc2ccccc2F)c(C)c1N1C(=O)C2C3CCC(O3)C2C1=O. The minimum absolute atomic E-state index is 0.143. The van der Waals surface area contributed by atoms with Crippen LogP contribution in [-0.2, 0) is 20.9 Å². The predicted molar refractivity (Wildman–Crippen MR) is 94.6 cm³/mol. The Morgan fingerprint density at radius 2 is 1.74 bits per heavy atom. The van der Waals surface area contributed by atoms with Crippen molar-refractivity contribution in [2.45, 2.75) is 45.4 Å². The average molecular weight is 369 g/mol. The first-order chi connectivity index (χ1) is 13.0. The van der Waals surface area contributed by atoms with Crippen LogP contribution in [0.2, 0.25) is 0 Å². The van der Waals surface area contributed by atoms with Crippen LogP contribution in [0.4, 0.5) is 10.1 Å². The number of benzene rings is 1. The summed E-state index contributed by atoms with van der Waals surface area (Å²) in [5.74, 6) is -1.42. The summed E-state index contributed by atoms with van der Waals surface area (Å²) in [6, 6.07) is 6.53. The maximum atomic E-state index is 14.0. The number of aryl methyl sites for hydroxylation is 1. The summed E-state index contributed by atoms with van der Waals surface area (Å²) in [6.07, 6.45) is 1.39. The van der Waals surface area contributed by atoms with Gasteiger partial charge in [-0.1, -0.05) is 18.2 Å². The first kappa shape index (κ1) is 16.6. The van der Waals surface area contributed by atoms with E-state index in [9.17, 15) is 14.0 Å². The van der Waals surface area contributed by atoms with Gasteiger partial charge in [0.1, 0.15) is 5.82 Å². The molecule has 0 radical (unpaired) electrons. The van der Waals surface area contributed by atoms with Gasteiger partial charge in [0.15, 0.2) is 0 Å². The molecular formula is C20H20FN3O3. The van der Waals surface area contributed by atoms with Gasteiger partial charge in [-0.2, -0.15) is 5.10 Å². The lowest BCUT2D eigenvalue weighted by Crippen LogP contribution is -2.35. The number of amides is 2. The Hall–Kier alpha value is -2.54. The zero-order valence-electron chi connectivity index (χ0n) is 15.2. The molecule has 4 heterocycles. The summed E-state index contributed by atoms with van der Waals surface area (Å²) in [6.45, 7) is 3.84. The molecule has 3 aliphatic rings. The van der Waals surface area contributed by atoms with Crippen LogP contribution in [-0.4, -0.2) is 33.8 Å². The van der Waals surface area contributed by atoms with E-state index in [0.29, 0.717) is 22.6 Å². The van der Waals surface area contributed by atoms with E-state index in [0.717, 1.165) is 12.8 Å². The van der Waals surface area contributed by atoms with Crippen molar-refractivity contribution in [2.24, 2.45) is 11.8 Å². The van der Waals surface area contributed by atoms with Crippen molar-refractivity contribution in [2.75, 3.05) is 4.90 Å². The zero-order chi connectivity index (χ0) is 18.9. The molecule has 4 atom stereocenters. The maximum absolute atomic E-state index is 14.0. The van der Waals surface area contributed by atoms with Crippen LogP contribution in [0.1, 0.15) is 29.8 Å². The Morgan fingerprint density at radius 3 is 2.37 bits per heavy atom. The number of anilines is 1. The van der Waals surface area contributed by atoms with Crippen LogP contribution >= 0.6 is 0 Å². The molecule has 140 valence electrons. The lowest BCUT2D eigenvalue weighted by Gasteiger charge is -2.18. The highest BCUT2D eigenvalue weighted by molar-refractivity contribution is 6.23. The molecule has 3 aliphatic heterocycles. The van der Waals surface area contributed by atoms with E-state index in [1.807, 2.05) is 6.92 Å². The van der Waals surface area contributed by atoms with Crippen LogP contribution in [0, 0.1) is 31.5 Å². The zero-order valence-corrected chi connectivity index (χ0v) is 15.2. The van der Waals surface area contributed by atoms with Gasteiger partial charge < -0.3 is 4.74 Å². The van der Waals surface area contributed by atoms with Crippen molar-refractivity contribution in [3.8, 4) is 0 Å². The maximum Gasteiger partial charge on any atom is 0.240 e. The fourth-order valence-electron chi connectivity index (χ4n) is 4.89. The van der Waals surface area contributed by atoms with Gasteiger partial charge in [-0.3, -0.25) is 14.3 Å². The van der Waals surface area contributed by atoms with Gasteiger partial charge in [-0.25, -0.2) is 9.29 Å². The summed E-state index contributed by atoms with van der Waals surface area (Å²) >= 11 is 0. The van der Waals surface area contributed by atoms with Crippen molar-refractivity contribution in [3.63, 3.8) is 0 Å². The number of carbonyl (C=O) groups excluding carboxylic acids is 2. The highest BCUT2D eigenvalue weighted by atomic mass is 19.1. The average Bonchev–Trinajstić information content (AvgIpc) is 3.37. The summed E-state index contributed by atoms with van der Waals surface area (Å²) < 4.78 is 21.5. The van der Waals surface area contributed by atoms with Crippen LogP contribution in [0.15, 0.2) is 24.3 Å². The summed E-state index contributed by atoms with van der Waals surface area (Å²) in [5, 5.41) is 4.48. The van der Waals surface area contributed by atoms with Crippen LogP contribution in [0.3, 0.4) is 0 Å². The van der Waals surface area contributed by atoms with Crippen molar-refractivity contribution >= 4 is 17.5 Å². The Labute approximate surface area is 155 Å². The molecule has 0 aliphatic carbocycles. The molecule has 0 spiro atoms. The topological polar surface area (TPSA) is 64.4 Å². The second-order valence-corrected chi connectivity index (χ2v) is 7.62. The molecule has 1 aromatic carbocycles. The molecule has 0 saturated carbocycles. The van der Waals surface area contributed by atoms with Crippen LogP contribution < -0.4 is 4.90 Å². The number of fused-ring (bicyclic) bond motifs is 5. The number of nitrogens with zero attached hydrogens (tertiary/aromatic N) is 3. The highest BCUT2D eigenvalue weighted by Crippen LogP contribution is 2.50. The van der Waals surface area contributed by atoms with Gasteiger partial charge in [0, 0.05) is 5.56 Å². The lowest BCUT2D eigenvalue weighted by atomic mass is 9.81. The molecule has 2 bridgehead atoms. The van der Waals surface area contributed by atoms with E-state index in [4.69, 9.17) is 4.74 Å². The first-order valence-corrected chi connectivity index (χ1v) is 9.28. The monoisotopic (exact) mass is 369 g/mol. The van der Waals surface area contributed by atoms with Crippen molar-refractivity contribution in [1.29, 1.82) is 0 Å². The van der Waals surface area contributed by atoms with Crippen LogP contribution in [0.5, 0.6) is 0 Å². The first-order valence-electron chi connectivity index (χ1n) is 9.28. The predicted octanol–water partition coefficient (Wildman–Crippen LogP) is 2.35. The molecule has 7 heteroatoms. The van der Waals surface area contributed by atoms with E-state index in [-0.39, 0.29) is 48.2 Å². The normalized spacial score (nSPS) is 29.1. The van der Waals surface area contributed by atoms with Gasteiger partial charge >= 0.3 is 0 Å². The minimum Gasteiger partial charge on any atom is -0.373 e. The molecule has 1 aromatic heterocycles. The molecule has 2 aromatic rings. The molecule has 5 rings (SSSR count). The van der Waals surface area contributed by atoms with E-state index in [1.165, 1.54) is 11.0 Å². The Balaban J connectivity index is 1.51.